The van der Waals surface area contributed by atoms with Crippen LogP contribution < -0.4 is 0 Å². The molecular formula is C10H23NSi. The maximum Gasteiger partial charge on any atom is 0.0465 e. The van der Waals surface area contributed by atoms with Gasteiger partial charge in [-0.3, -0.25) is 0 Å². The van der Waals surface area contributed by atoms with E-state index in [0.29, 0.717) is 0 Å². The van der Waals surface area contributed by atoms with E-state index >= 15 is 0 Å². The molecule has 0 aromatic rings. The number of nitrogens with zero attached hydrogens (tertiary/aromatic N) is 1. The number of rotatable bonds is 6. The van der Waals surface area contributed by atoms with Crippen molar-refractivity contribution in [3.05, 3.63) is 11.3 Å². The molecule has 0 saturated carbocycles. The Morgan fingerprint density at radius 1 is 1.25 bits per heavy atom. The summed E-state index contributed by atoms with van der Waals surface area (Å²) in [5.41, 5.74) is 3.96. The van der Waals surface area contributed by atoms with Crippen LogP contribution in [0, 0.1) is 0 Å². The van der Waals surface area contributed by atoms with Crippen LogP contribution in [-0.4, -0.2) is 34.1 Å². The first-order chi connectivity index (χ1) is 5.70. The monoisotopic (exact) mass is 185 g/mol. The third kappa shape index (κ3) is 6.62. The Labute approximate surface area is 79.7 Å². The Balaban J connectivity index is 3.35. The Kier molecular flexibility index (Phi) is 7.51. The zero-order chi connectivity index (χ0) is 9.40. The maximum atomic E-state index is 2.51. The Hall–Kier alpha value is -0.0831. The Morgan fingerprint density at radius 2 is 1.83 bits per heavy atom. The van der Waals surface area contributed by atoms with Gasteiger partial charge in [0.15, 0.2) is 0 Å². The second-order valence-corrected chi connectivity index (χ2v) is 5.14. The quantitative estimate of drug-likeness (QED) is 0.451. The molecular weight excluding hydrogens is 162 g/mol. The highest BCUT2D eigenvalue weighted by Crippen LogP contribution is 1.93. The van der Waals surface area contributed by atoms with Gasteiger partial charge in [-0.05, 0) is 39.5 Å². The molecule has 0 N–H and O–H groups in total. The number of allylic oxidation sites excluding steroid dienone is 1. The SMILES string of the molecule is CCN(CC)CC[SiH2]C=C(C)C. The molecule has 0 bridgehead atoms. The van der Waals surface area contributed by atoms with Crippen LogP contribution in [0.3, 0.4) is 0 Å². The van der Waals surface area contributed by atoms with E-state index in [1.54, 1.807) is 0 Å². The Bertz CT molecular complexity index is 124. The van der Waals surface area contributed by atoms with Gasteiger partial charge in [-0.15, -0.1) is 5.70 Å². The minimum Gasteiger partial charge on any atom is -0.304 e. The van der Waals surface area contributed by atoms with E-state index in [0.717, 1.165) is 0 Å². The van der Waals surface area contributed by atoms with E-state index < -0.39 is 0 Å². The third-order valence-corrected chi connectivity index (χ3v) is 3.96. The smallest absolute Gasteiger partial charge is 0.0465 e. The largest absolute Gasteiger partial charge is 0.304 e. The third-order valence-electron chi connectivity index (χ3n) is 2.13. The molecule has 0 aromatic heterocycles. The molecule has 0 unspecified atom stereocenters. The molecule has 0 aliphatic rings. The van der Waals surface area contributed by atoms with E-state index in [4.69, 9.17) is 0 Å². The maximum absolute atomic E-state index is 2.51. The fraction of sp³-hybridized carbons (Fsp3) is 0.800. The molecule has 2 heteroatoms. The summed E-state index contributed by atoms with van der Waals surface area (Å²) in [6, 6.07) is 1.44. The van der Waals surface area contributed by atoms with Crippen LogP contribution in [0.15, 0.2) is 11.3 Å². The van der Waals surface area contributed by atoms with Gasteiger partial charge in [-0.25, -0.2) is 0 Å². The van der Waals surface area contributed by atoms with Gasteiger partial charge in [0.1, 0.15) is 0 Å². The molecule has 0 rings (SSSR count). The van der Waals surface area contributed by atoms with Gasteiger partial charge in [0, 0.05) is 9.52 Å². The van der Waals surface area contributed by atoms with Crippen molar-refractivity contribution in [2.24, 2.45) is 0 Å². The van der Waals surface area contributed by atoms with Gasteiger partial charge in [0.2, 0.25) is 0 Å². The molecule has 0 spiro atoms. The van der Waals surface area contributed by atoms with E-state index in [2.05, 4.69) is 38.3 Å². The lowest BCUT2D eigenvalue weighted by Crippen LogP contribution is -2.24. The zero-order valence-corrected chi connectivity index (χ0v) is 10.5. The van der Waals surface area contributed by atoms with Gasteiger partial charge in [0.25, 0.3) is 0 Å². The molecule has 0 amide bonds. The molecule has 0 fully saturated rings. The molecule has 72 valence electrons. The molecule has 12 heavy (non-hydrogen) atoms. The summed E-state index contributed by atoms with van der Waals surface area (Å²) in [7, 11) is 0.0987. The second kappa shape index (κ2) is 7.56. The molecule has 0 atom stereocenters. The summed E-state index contributed by atoms with van der Waals surface area (Å²) in [5.74, 6) is 0. The topological polar surface area (TPSA) is 3.24 Å². The Morgan fingerprint density at radius 3 is 2.25 bits per heavy atom. The van der Waals surface area contributed by atoms with Crippen molar-refractivity contribution < 1.29 is 0 Å². The highest BCUT2D eigenvalue weighted by Gasteiger charge is 1.96. The number of hydrogen-bond donors (Lipinski definition) is 0. The van der Waals surface area contributed by atoms with Crippen LogP contribution in [0.2, 0.25) is 6.04 Å². The van der Waals surface area contributed by atoms with Crippen LogP contribution >= 0.6 is 0 Å². The van der Waals surface area contributed by atoms with Gasteiger partial charge in [-0.2, -0.15) is 0 Å². The molecule has 0 heterocycles. The fourth-order valence-corrected chi connectivity index (χ4v) is 2.66. The molecule has 0 aliphatic heterocycles. The predicted molar refractivity (Wildman–Crippen MR) is 60.6 cm³/mol. The normalized spacial score (nSPS) is 11.4. The lowest BCUT2D eigenvalue weighted by Gasteiger charge is -2.16. The summed E-state index contributed by atoms with van der Waals surface area (Å²) >= 11 is 0. The molecule has 0 saturated heterocycles. The average molecular weight is 185 g/mol. The van der Waals surface area contributed by atoms with Crippen molar-refractivity contribution in [1.29, 1.82) is 0 Å². The van der Waals surface area contributed by atoms with Crippen molar-refractivity contribution in [3.8, 4) is 0 Å². The van der Waals surface area contributed by atoms with Crippen molar-refractivity contribution in [1.82, 2.24) is 4.90 Å². The van der Waals surface area contributed by atoms with Crippen molar-refractivity contribution in [2.45, 2.75) is 33.7 Å². The van der Waals surface area contributed by atoms with Crippen LogP contribution in [0.4, 0.5) is 0 Å². The molecule has 0 aromatic carbocycles. The van der Waals surface area contributed by atoms with E-state index in [1.165, 1.54) is 31.3 Å². The number of hydrogen-bond acceptors (Lipinski definition) is 1. The molecule has 0 radical (unpaired) electrons. The fourth-order valence-electron chi connectivity index (χ4n) is 1.25. The van der Waals surface area contributed by atoms with E-state index in [-0.39, 0.29) is 9.52 Å². The summed E-state index contributed by atoms with van der Waals surface area (Å²) < 4.78 is 0. The molecule has 1 nitrogen and oxygen atoms in total. The first-order valence-electron chi connectivity index (χ1n) is 5.06. The highest BCUT2D eigenvalue weighted by molar-refractivity contribution is 6.42. The standard InChI is InChI=1S/C10H23NSi/c1-5-11(6-2)7-8-12-9-10(3)4/h9H,5-8,12H2,1-4H3. The molecule has 0 aliphatic carbocycles. The lowest BCUT2D eigenvalue weighted by molar-refractivity contribution is 0.321. The lowest BCUT2D eigenvalue weighted by atomic mass is 10.4. The predicted octanol–water partition coefficient (Wildman–Crippen LogP) is 1.84. The van der Waals surface area contributed by atoms with E-state index in [1.807, 2.05) is 0 Å². The summed E-state index contributed by atoms with van der Waals surface area (Å²) in [5, 5.41) is 0. The van der Waals surface area contributed by atoms with Gasteiger partial charge >= 0.3 is 0 Å². The van der Waals surface area contributed by atoms with Crippen LogP contribution in [0.5, 0.6) is 0 Å². The average Bonchev–Trinajstić information content (AvgIpc) is 2.04. The van der Waals surface area contributed by atoms with Crippen molar-refractivity contribution in [2.75, 3.05) is 19.6 Å². The van der Waals surface area contributed by atoms with Gasteiger partial charge < -0.3 is 4.90 Å². The van der Waals surface area contributed by atoms with E-state index in [9.17, 15) is 0 Å². The minimum absolute atomic E-state index is 0.0987. The summed E-state index contributed by atoms with van der Waals surface area (Å²) in [6.07, 6.45) is 0. The zero-order valence-electron chi connectivity index (χ0n) is 9.06. The summed E-state index contributed by atoms with van der Waals surface area (Å²) in [4.78, 5) is 2.51. The van der Waals surface area contributed by atoms with Crippen molar-refractivity contribution >= 4 is 9.52 Å². The van der Waals surface area contributed by atoms with Crippen molar-refractivity contribution in [3.63, 3.8) is 0 Å². The highest BCUT2D eigenvalue weighted by atomic mass is 28.2. The summed E-state index contributed by atoms with van der Waals surface area (Å²) in [6.45, 7) is 12.6. The van der Waals surface area contributed by atoms with Crippen LogP contribution in [0.25, 0.3) is 0 Å². The first kappa shape index (κ1) is 11.9. The second-order valence-electron chi connectivity index (χ2n) is 3.45. The minimum atomic E-state index is 0.0987. The van der Waals surface area contributed by atoms with Crippen LogP contribution in [-0.2, 0) is 0 Å². The first-order valence-corrected chi connectivity index (χ1v) is 6.88. The van der Waals surface area contributed by atoms with Gasteiger partial charge in [0.05, 0.1) is 0 Å². The van der Waals surface area contributed by atoms with Gasteiger partial charge in [-0.1, -0.05) is 19.4 Å². The van der Waals surface area contributed by atoms with Crippen LogP contribution in [0.1, 0.15) is 27.7 Å².